The van der Waals surface area contributed by atoms with Gasteiger partial charge in [0.25, 0.3) is 5.91 Å². The number of amides is 2. The summed E-state index contributed by atoms with van der Waals surface area (Å²) in [6, 6.07) is 15.1. The molecule has 2 aromatic carbocycles. The highest BCUT2D eigenvalue weighted by Crippen LogP contribution is 2.36. The van der Waals surface area contributed by atoms with E-state index >= 15 is 0 Å². The van der Waals surface area contributed by atoms with Gasteiger partial charge in [0.05, 0.1) is 16.1 Å². The van der Waals surface area contributed by atoms with Crippen LogP contribution in [-0.2, 0) is 19.4 Å². The molecule has 0 unspecified atom stereocenters. The molecular formula is C25H32N2O6S. The molecule has 8 nitrogen and oxygen atoms in total. The zero-order chi connectivity index (χ0) is 25.0. The molecule has 2 aromatic rings. The third-order valence-corrected chi connectivity index (χ3v) is 7.89. The van der Waals surface area contributed by atoms with Crippen LogP contribution >= 0.6 is 0 Å². The molecule has 1 heterocycles. The van der Waals surface area contributed by atoms with Crippen LogP contribution in [0.15, 0.2) is 59.5 Å². The number of likely N-dealkylation sites (tertiary alicyclic amines) is 1. The van der Waals surface area contributed by atoms with Crippen molar-refractivity contribution in [1.82, 2.24) is 10.4 Å². The van der Waals surface area contributed by atoms with E-state index in [0.717, 1.165) is 0 Å². The van der Waals surface area contributed by atoms with Gasteiger partial charge in [0.2, 0.25) is 5.91 Å². The minimum atomic E-state index is -3.86. The molecule has 2 amide bonds. The maximum Gasteiger partial charge on any atom is 0.250 e. The Bertz CT molecular complexity index is 1100. The van der Waals surface area contributed by atoms with Gasteiger partial charge in [-0.15, -0.1) is 0 Å². The Hall–Kier alpha value is -2.91. The number of rotatable bonds is 7. The van der Waals surface area contributed by atoms with Crippen molar-refractivity contribution in [1.29, 1.82) is 0 Å². The molecule has 0 radical (unpaired) electrons. The second kappa shape index (κ2) is 10.1. The molecule has 0 aromatic heterocycles. The number of hydrogen-bond donors (Lipinski definition) is 2. The monoisotopic (exact) mass is 488 g/mol. The van der Waals surface area contributed by atoms with E-state index in [0.29, 0.717) is 17.9 Å². The summed E-state index contributed by atoms with van der Waals surface area (Å²) >= 11 is 0. The van der Waals surface area contributed by atoms with Crippen molar-refractivity contribution in [3.63, 3.8) is 0 Å². The van der Waals surface area contributed by atoms with Crippen molar-refractivity contribution in [3.8, 4) is 11.5 Å². The predicted molar refractivity (Wildman–Crippen MR) is 127 cm³/mol. The third-order valence-electron chi connectivity index (χ3n) is 5.97. The Balaban J connectivity index is 1.73. The Morgan fingerprint density at radius 1 is 1.00 bits per heavy atom. The van der Waals surface area contributed by atoms with Gasteiger partial charge in [0, 0.05) is 19.5 Å². The summed E-state index contributed by atoms with van der Waals surface area (Å²) in [5, 5.41) is 9.33. The van der Waals surface area contributed by atoms with Crippen molar-refractivity contribution < 1.29 is 28.0 Å². The number of benzene rings is 2. The summed E-state index contributed by atoms with van der Waals surface area (Å²) in [7, 11) is -3.86. The quantitative estimate of drug-likeness (QED) is 0.453. The average molecular weight is 489 g/mol. The fourth-order valence-corrected chi connectivity index (χ4v) is 5.96. The SMILES string of the molecule is CC(C)(C)CC(=O)N1CCC(CS(=O)(=O)c2ccc(Oc3ccccc3)cc2)(C(=O)NO)CC1. The van der Waals surface area contributed by atoms with Crippen LogP contribution < -0.4 is 10.2 Å². The van der Waals surface area contributed by atoms with E-state index in [4.69, 9.17) is 4.74 Å². The molecule has 9 heteroatoms. The van der Waals surface area contributed by atoms with Crippen molar-refractivity contribution in [2.75, 3.05) is 18.8 Å². The molecule has 1 saturated heterocycles. The second-order valence-corrected chi connectivity index (χ2v) is 12.0. The third kappa shape index (κ3) is 6.36. The topological polar surface area (TPSA) is 113 Å². The summed E-state index contributed by atoms with van der Waals surface area (Å²) < 4.78 is 32.1. The lowest BCUT2D eigenvalue weighted by Crippen LogP contribution is -2.53. The lowest BCUT2D eigenvalue weighted by atomic mass is 9.79. The molecule has 0 bridgehead atoms. The van der Waals surface area contributed by atoms with E-state index in [1.807, 2.05) is 39.0 Å². The molecule has 0 aliphatic carbocycles. The van der Waals surface area contributed by atoms with Crippen LogP contribution in [0.4, 0.5) is 0 Å². The van der Waals surface area contributed by atoms with Crippen LogP contribution in [0, 0.1) is 10.8 Å². The van der Waals surface area contributed by atoms with Crippen LogP contribution in [0.25, 0.3) is 0 Å². The Morgan fingerprint density at radius 2 is 1.56 bits per heavy atom. The summed E-state index contributed by atoms with van der Waals surface area (Å²) in [5.41, 5.74) is 0.141. The van der Waals surface area contributed by atoms with Gasteiger partial charge in [-0.2, -0.15) is 0 Å². The first-order valence-electron chi connectivity index (χ1n) is 11.2. The first-order chi connectivity index (χ1) is 15.9. The number of ether oxygens (including phenoxy) is 1. The Labute approximate surface area is 200 Å². The van der Waals surface area contributed by atoms with Crippen LogP contribution in [0.2, 0.25) is 0 Å². The highest BCUT2D eigenvalue weighted by Gasteiger charge is 2.46. The van der Waals surface area contributed by atoms with E-state index in [1.165, 1.54) is 12.1 Å². The van der Waals surface area contributed by atoms with Crippen molar-refractivity contribution in [3.05, 3.63) is 54.6 Å². The normalized spacial score (nSPS) is 16.1. The van der Waals surface area contributed by atoms with E-state index in [9.17, 15) is 23.2 Å². The summed E-state index contributed by atoms with van der Waals surface area (Å²) in [5.74, 6) is -0.125. The number of hydroxylamine groups is 1. The number of carbonyl (C=O) groups excluding carboxylic acids is 2. The highest BCUT2D eigenvalue weighted by molar-refractivity contribution is 7.91. The number of piperidine rings is 1. The number of carbonyl (C=O) groups is 2. The van der Waals surface area contributed by atoms with E-state index < -0.39 is 26.9 Å². The van der Waals surface area contributed by atoms with Gasteiger partial charge < -0.3 is 9.64 Å². The molecule has 1 aliphatic heterocycles. The van der Waals surface area contributed by atoms with Gasteiger partial charge in [-0.05, 0) is 54.7 Å². The van der Waals surface area contributed by atoms with E-state index in [2.05, 4.69) is 0 Å². The highest BCUT2D eigenvalue weighted by atomic mass is 32.2. The summed E-state index contributed by atoms with van der Waals surface area (Å²) in [6.45, 7) is 6.42. The van der Waals surface area contributed by atoms with Crippen molar-refractivity contribution >= 4 is 21.7 Å². The first kappa shape index (κ1) is 25.7. The molecule has 1 aliphatic rings. The minimum absolute atomic E-state index is 0.0256. The summed E-state index contributed by atoms with van der Waals surface area (Å²) in [6.07, 6.45) is 0.648. The molecule has 3 rings (SSSR count). The van der Waals surface area contributed by atoms with Crippen molar-refractivity contribution in [2.24, 2.45) is 10.8 Å². The Morgan fingerprint density at radius 3 is 2.09 bits per heavy atom. The molecular weight excluding hydrogens is 456 g/mol. The standard InChI is InChI=1S/C25H32N2O6S/c1-24(2,3)17-22(28)27-15-13-25(14-16-27,23(29)26-30)18-34(31,32)21-11-9-20(10-12-21)33-19-7-5-4-6-8-19/h4-12,30H,13-18H2,1-3H3,(H,26,29). The van der Waals surface area contributed by atoms with Gasteiger partial charge in [-0.3, -0.25) is 14.8 Å². The molecule has 0 spiro atoms. The number of sulfone groups is 1. The van der Waals surface area contributed by atoms with Gasteiger partial charge in [0.15, 0.2) is 9.84 Å². The fourth-order valence-electron chi connectivity index (χ4n) is 4.09. The maximum absolute atomic E-state index is 13.2. The predicted octanol–water partition coefficient (Wildman–Crippen LogP) is 3.80. The number of para-hydroxylation sites is 1. The average Bonchev–Trinajstić information content (AvgIpc) is 2.78. The van der Waals surface area contributed by atoms with Gasteiger partial charge in [-0.25, -0.2) is 13.9 Å². The molecule has 184 valence electrons. The number of nitrogens with zero attached hydrogens (tertiary/aromatic N) is 1. The van der Waals surface area contributed by atoms with Gasteiger partial charge >= 0.3 is 0 Å². The lowest BCUT2D eigenvalue weighted by molar-refractivity contribution is -0.145. The van der Waals surface area contributed by atoms with E-state index in [1.54, 1.807) is 34.6 Å². The first-order valence-corrected chi connectivity index (χ1v) is 12.9. The largest absolute Gasteiger partial charge is 0.457 e. The Kier molecular flexibility index (Phi) is 7.67. The smallest absolute Gasteiger partial charge is 0.250 e. The van der Waals surface area contributed by atoms with Crippen LogP contribution in [0.5, 0.6) is 11.5 Å². The molecule has 34 heavy (non-hydrogen) atoms. The maximum atomic E-state index is 13.2. The zero-order valence-electron chi connectivity index (χ0n) is 19.8. The van der Waals surface area contributed by atoms with Gasteiger partial charge in [0.1, 0.15) is 11.5 Å². The van der Waals surface area contributed by atoms with Crippen molar-refractivity contribution in [2.45, 2.75) is 44.9 Å². The van der Waals surface area contributed by atoms with Crippen LogP contribution in [0.3, 0.4) is 0 Å². The fraction of sp³-hybridized carbons (Fsp3) is 0.440. The molecule has 2 N–H and O–H groups in total. The lowest BCUT2D eigenvalue weighted by Gasteiger charge is -2.40. The number of hydrogen-bond acceptors (Lipinski definition) is 6. The minimum Gasteiger partial charge on any atom is -0.457 e. The van der Waals surface area contributed by atoms with Gasteiger partial charge in [-0.1, -0.05) is 39.0 Å². The zero-order valence-corrected chi connectivity index (χ0v) is 20.6. The van der Waals surface area contributed by atoms with Crippen LogP contribution in [0.1, 0.15) is 40.0 Å². The van der Waals surface area contributed by atoms with Crippen LogP contribution in [-0.4, -0.2) is 49.2 Å². The second-order valence-electron chi connectivity index (χ2n) is 9.99. The van der Waals surface area contributed by atoms with E-state index in [-0.39, 0.29) is 42.1 Å². The number of nitrogens with one attached hydrogen (secondary N) is 1. The summed E-state index contributed by atoms with van der Waals surface area (Å²) in [4.78, 5) is 26.9. The molecule has 1 fully saturated rings. The molecule has 0 atom stereocenters. The molecule has 0 saturated carbocycles.